The number of ether oxygens (including phenoxy) is 1. The molecule has 1 saturated carbocycles. The molecule has 2 N–H and O–H groups in total. The maximum absolute atomic E-state index is 12.2. The third kappa shape index (κ3) is 5.18. The SMILES string of the molecule is Cc1oc(-c2ccccc2)nc1C(=O)OCC(=O)NC(=O)NC1CCCCC1. The molecule has 0 aliphatic heterocycles. The van der Waals surface area contributed by atoms with Gasteiger partial charge in [-0.2, -0.15) is 0 Å². The Labute approximate surface area is 162 Å². The summed E-state index contributed by atoms with van der Waals surface area (Å²) in [4.78, 5) is 40.0. The molecule has 148 valence electrons. The highest BCUT2D eigenvalue weighted by atomic mass is 16.5. The number of carbonyl (C=O) groups is 3. The normalized spacial score (nSPS) is 14.3. The Morgan fingerprint density at radius 1 is 1.14 bits per heavy atom. The maximum atomic E-state index is 12.2. The molecule has 2 aromatic rings. The second-order valence-electron chi connectivity index (χ2n) is 6.72. The largest absolute Gasteiger partial charge is 0.451 e. The summed E-state index contributed by atoms with van der Waals surface area (Å²) in [5, 5.41) is 4.93. The second kappa shape index (κ2) is 9.16. The summed E-state index contributed by atoms with van der Waals surface area (Å²) in [7, 11) is 0. The van der Waals surface area contributed by atoms with Crippen molar-refractivity contribution in [2.45, 2.75) is 45.1 Å². The first-order chi connectivity index (χ1) is 13.5. The third-order valence-corrected chi connectivity index (χ3v) is 4.54. The summed E-state index contributed by atoms with van der Waals surface area (Å²) in [6.07, 6.45) is 5.12. The summed E-state index contributed by atoms with van der Waals surface area (Å²) in [5.41, 5.74) is 0.722. The predicted molar refractivity (Wildman–Crippen MR) is 101 cm³/mol. The number of aromatic nitrogens is 1. The number of rotatable bonds is 5. The monoisotopic (exact) mass is 385 g/mol. The van der Waals surface area contributed by atoms with Crippen LogP contribution < -0.4 is 10.6 Å². The molecule has 1 aliphatic rings. The van der Waals surface area contributed by atoms with Gasteiger partial charge in [0, 0.05) is 11.6 Å². The zero-order valence-corrected chi connectivity index (χ0v) is 15.7. The van der Waals surface area contributed by atoms with Crippen molar-refractivity contribution in [3.8, 4) is 11.5 Å². The molecule has 0 bridgehead atoms. The van der Waals surface area contributed by atoms with E-state index in [1.807, 2.05) is 18.2 Å². The van der Waals surface area contributed by atoms with Gasteiger partial charge in [0.05, 0.1) is 0 Å². The Morgan fingerprint density at radius 2 is 1.86 bits per heavy atom. The molecule has 0 saturated heterocycles. The van der Waals surface area contributed by atoms with Crippen molar-refractivity contribution < 1.29 is 23.5 Å². The minimum atomic E-state index is -0.786. The maximum Gasteiger partial charge on any atom is 0.361 e. The van der Waals surface area contributed by atoms with Crippen LogP contribution in [0, 0.1) is 6.92 Å². The van der Waals surface area contributed by atoms with Crippen LogP contribution in [0.2, 0.25) is 0 Å². The topological polar surface area (TPSA) is 111 Å². The number of carbonyl (C=O) groups excluding carboxylic acids is 3. The zero-order valence-electron chi connectivity index (χ0n) is 15.7. The number of urea groups is 1. The Hall–Kier alpha value is -3.16. The predicted octanol–water partition coefficient (Wildman–Crippen LogP) is 2.97. The number of nitrogens with zero attached hydrogens (tertiary/aromatic N) is 1. The van der Waals surface area contributed by atoms with Crippen molar-refractivity contribution >= 4 is 17.9 Å². The molecule has 0 unspecified atom stereocenters. The van der Waals surface area contributed by atoms with E-state index in [4.69, 9.17) is 9.15 Å². The molecule has 1 fully saturated rings. The molecule has 0 spiro atoms. The Kier molecular flexibility index (Phi) is 6.41. The highest BCUT2D eigenvalue weighted by Crippen LogP contribution is 2.21. The highest BCUT2D eigenvalue weighted by Gasteiger charge is 2.21. The number of nitrogens with one attached hydrogen (secondary N) is 2. The van der Waals surface area contributed by atoms with Gasteiger partial charge in [-0.3, -0.25) is 10.1 Å². The van der Waals surface area contributed by atoms with Gasteiger partial charge in [-0.05, 0) is 31.9 Å². The number of aryl methyl sites for hydroxylation is 1. The first-order valence-electron chi connectivity index (χ1n) is 9.33. The number of oxazole rings is 1. The van der Waals surface area contributed by atoms with Gasteiger partial charge in [-0.15, -0.1) is 0 Å². The van der Waals surface area contributed by atoms with E-state index in [-0.39, 0.29) is 11.7 Å². The van der Waals surface area contributed by atoms with Crippen LogP contribution in [-0.2, 0) is 9.53 Å². The average molecular weight is 385 g/mol. The average Bonchev–Trinajstić information content (AvgIpc) is 3.09. The molecule has 1 aromatic heterocycles. The van der Waals surface area contributed by atoms with Crippen LogP contribution in [0.1, 0.15) is 48.4 Å². The molecule has 1 aliphatic carbocycles. The van der Waals surface area contributed by atoms with E-state index in [9.17, 15) is 14.4 Å². The van der Waals surface area contributed by atoms with E-state index < -0.39 is 24.5 Å². The number of benzene rings is 1. The van der Waals surface area contributed by atoms with Gasteiger partial charge in [-0.25, -0.2) is 14.6 Å². The molecule has 0 radical (unpaired) electrons. The van der Waals surface area contributed by atoms with Crippen molar-refractivity contribution in [3.05, 3.63) is 41.8 Å². The van der Waals surface area contributed by atoms with Gasteiger partial charge in [0.2, 0.25) is 5.89 Å². The lowest BCUT2D eigenvalue weighted by atomic mass is 9.96. The molecule has 0 atom stereocenters. The smallest absolute Gasteiger partial charge is 0.361 e. The van der Waals surface area contributed by atoms with Crippen molar-refractivity contribution in [1.29, 1.82) is 0 Å². The minimum Gasteiger partial charge on any atom is -0.451 e. The molecule has 8 heteroatoms. The second-order valence-corrected chi connectivity index (χ2v) is 6.72. The molecular formula is C20H23N3O5. The first-order valence-corrected chi connectivity index (χ1v) is 9.33. The number of amides is 3. The van der Waals surface area contributed by atoms with E-state index in [2.05, 4.69) is 15.6 Å². The fourth-order valence-corrected chi connectivity index (χ4v) is 3.12. The fraction of sp³-hybridized carbons (Fsp3) is 0.400. The van der Waals surface area contributed by atoms with Crippen molar-refractivity contribution in [2.24, 2.45) is 0 Å². The van der Waals surface area contributed by atoms with Gasteiger partial charge in [0.1, 0.15) is 5.76 Å². The van der Waals surface area contributed by atoms with Crippen LogP contribution in [-0.4, -0.2) is 35.5 Å². The summed E-state index contributed by atoms with van der Waals surface area (Å²) in [6, 6.07) is 8.63. The van der Waals surface area contributed by atoms with Crippen LogP contribution in [0.4, 0.5) is 4.79 Å². The number of hydrogen-bond acceptors (Lipinski definition) is 6. The number of hydrogen-bond donors (Lipinski definition) is 2. The highest BCUT2D eigenvalue weighted by molar-refractivity contribution is 5.97. The van der Waals surface area contributed by atoms with Gasteiger partial charge >= 0.3 is 12.0 Å². The van der Waals surface area contributed by atoms with Crippen LogP contribution in [0.25, 0.3) is 11.5 Å². The Morgan fingerprint density at radius 3 is 2.57 bits per heavy atom. The van der Waals surface area contributed by atoms with Crippen LogP contribution in [0.3, 0.4) is 0 Å². The minimum absolute atomic E-state index is 0.00156. The van der Waals surface area contributed by atoms with E-state index in [1.54, 1.807) is 19.1 Å². The quantitative estimate of drug-likeness (QED) is 0.766. The van der Waals surface area contributed by atoms with Crippen molar-refractivity contribution in [3.63, 3.8) is 0 Å². The summed E-state index contributed by atoms with van der Waals surface area (Å²) in [6.45, 7) is 1.01. The van der Waals surface area contributed by atoms with E-state index >= 15 is 0 Å². The lowest BCUT2D eigenvalue weighted by molar-refractivity contribution is -0.123. The Balaban J connectivity index is 1.49. The van der Waals surface area contributed by atoms with Crippen molar-refractivity contribution in [1.82, 2.24) is 15.6 Å². The number of imide groups is 1. The number of esters is 1. The van der Waals surface area contributed by atoms with E-state index in [1.165, 1.54) is 6.42 Å². The van der Waals surface area contributed by atoms with Gasteiger partial charge in [0.25, 0.3) is 5.91 Å². The molecule has 3 rings (SSSR count). The van der Waals surface area contributed by atoms with Gasteiger partial charge < -0.3 is 14.5 Å². The van der Waals surface area contributed by atoms with Crippen LogP contribution in [0.15, 0.2) is 34.7 Å². The van der Waals surface area contributed by atoms with Crippen LogP contribution in [0.5, 0.6) is 0 Å². The molecule has 1 heterocycles. The van der Waals surface area contributed by atoms with Gasteiger partial charge in [-0.1, -0.05) is 37.5 Å². The molecular weight excluding hydrogens is 362 g/mol. The van der Waals surface area contributed by atoms with Crippen LogP contribution >= 0.6 is 0 Å². The zero-order chi connectivity index (χ0) is 19.9. The summed E-state index contributed by atoms with van der Waals surface area (Å²) < 4.78 is 10.5. The summed E-state index contributed by atoms with van der Waals surface area (Å²) >= 11 is 0. The Bertz CT molecular complexity index is 841. The molecule has 3 amide bonds. The first kappa shape index (κ1) is 19.6. The molecule has 8 nitrogen and oxygen atoms in total. The third-order valence-electron chi connectivity index (χ3n) is 4.54. The van der Waals surface area contributed by atoms with E-state index in [0.717, 1.165) is 31.2 Å². The lowest BCUT2D eigenvalue weighted by Gasteiger charge is -2.22. The molecule has 28 heavy (non-hydrogen) atoms. The summed E-state index contributed by atoms with van der Waals surface area (Å²) in [5.74, 6) is -0.905. The van der Waals surface area contributed by atoms with Gasteiger partial charge in [0.15, 0.2) is 12.3 Å². The standard InChI is InChI=1S/C20H23N3O5/c1-13-17(23-18(28-13)14-8-4-2-5-9-14)19(25)27-12-16(24)22-20(26)21-15-10-6-3-7-11-15/h2,4-5,8-9,15H,3,6-7,10-12H2,1H3,(H2,21,22,24,26). The fourth-order valence-electron chi connectivity index (χ4n) is 3.12. The van der Waals surface area contributed by atoms with Crippen molar-refractivity contribution in [2.75, 3.05) is 6.61 Å². The van der Waals surface area contributed by atoms with E-state index in [0.29, 0.717) is 11.7 Å². The molecule has 1 aromatic carbocycles. The lowest BCUT2D eigenvalue weighted by Crippen LogP contribution is -2.46.